The van der Waals surface area contributed by atoms with E-state index < -0.39 is 7.42 Å². The molecule has 15 heavy (non-hydrogen) atoms. The zero-order chi connectivity index (χ0) is 10.7. The number of benzene rings is 2. The van der Waals surface area contributed by atoms with Gasteiger partial charge in [-0.15, -0.1) is 22.2 Å². The van der Waals surface area contributed by atoms with Crippen molar-refractivity contribution in [2.75, 3.05) is 0 Å². The Morgan fingerprint density at radius 1 is 0.733 bits per heavy atom. The summed E-state index contributed by atoms with van der Waals surface area (Å²) in [7, 11) is -1.79. The zero-order valence-corrected chi connectivity index (χ0v) is 10.7. The fraction of sp³-hybridized carbons (Fsp3) is 0. The monoisotopic (exact) mass is 252 g/mol. The molecule has 0 aliphatic carbocycles. The van der Waals surface area contributed by atoms with E-state index in [1.165, 1.54) is 5.56 Å². The van der Waals surface area contributed by atoms with Crippen molar-refractivity contribution in [3.8, 4) is 11.1 Å². The third-order valence-corrected chi connectivity index (χ3v) is 4.66. The first-order valence-corrected chi connectivity index (χ1v) is 8.78. The zero-order valence-electron chi connectivity index (χ0n) is 8.03. The third-order valence-electron chi connectivity index (χ3n) is 2.28. The minimum absolute atomic E-state index is 1.09. The van der Waals surface area contributed by atoms with E-state index in [1.807, 2.05) is 36.4 Å². The molecule has 0 amide bonds. The highest BCUT2D eigenvalue weighted by atomic mass is 35.7. The molecule has 0 spiro atoms. The van der Waals surface area contributed by atoms with Gasteiger partial charge in [0.1, 0.15) is 0 Å². The van der Waals surface area contributed by atoms with Crippen LogP contribution in [0.15, 0.2) is 54.6 Å². The number of hydrogen-bond acceptors (Lipinski definition) is 0. The molecule has 0 saturated carbocycles. The fourth-order valence-corrected chi connectivity index (χ4v) is 3.46. The lowest BCUT2D eigenvalue weighted by atomic mass is 10.1. The summed E-state index contributed by atoms with van der Waals surface area (Å²) in [6.07, 6.45) is 0. The molecule has 0 nitrogen and oxygen atoms in total. The summed E-state index contributed by atoms with van der Waals surface area (Å²) in [4.78, 5) is 0. The molecule has 0 aliphatic rings. The smallest absolute Gasteiger partial charge is 0.144 e. The summed E-state index contributed by atoms with van der Waals surface area (Å²) in [6.45, 7) is 0. The molecule has 0 fully saturated rings. The lowest BCUT2D eigenvalue weighted by Crippen LogP contribution is -2.20. The maximum absolute atomic E-state index is 6.06. The Hall–Kier alpha value is -0.763. The molecule has 2 aromatic rings. The van der Waals surface area contributed by atoms with Crippen molar-refractivity contribution < 1.29 is 0 Å². The third kappa shape index (κ3) is 2.43. The van der Waals surface area contributed by atoms with Crippen LogP contribution < -0.4 is 5.19 Å². The van der Waals surface area contributed by atoms with Gasteiger partial charge in [-0.05, 0) is 16.3 Å². The average Bonchev–Trinajstić information content (AvgIpc) is 2.30. The molecule has 2 aromatic carbocycles. The highest BCUT2D eigenvalue weighted by Crippen LogP contribution is 2.18. The fourth-order valence-electron chi connectivity index (χ4n) is 1.57. The van der Waals surface area contributed by atoms with Crippen LogP contribution in [0, 0.1) is 0 Å². The molecule has 0 heterocycles. The van der Waals surface area contributed by atoms with Gasteiger partial charge in [-0.25, -0.2) is 0 Å². The van der Waals surface area contributed by atoms with Crippen LogP contribution in [0.5, 0.6) is 0 Å². The topological polar surface area (TPSA) is 0 Å². The molecule has 0 atom stereocenters. The van der Waals surface area contributed by atoms with Crippen LogP contribution in [0.4, 0.5) is 0 Å². The minimum atomic E-state index is -1.79. The summed E-state index contributed by atoms with van der Waals surface area (Å²) in [5.41, 5.74) is 2.33. The van der Waals surface area contributed by atoms with E-state index in [9.17, 15) is 0 Å². The van der Waals surface area contributed by atoms with Crippen LogP contribution in [0.2, 0.25) is 0 Å². The van der Waals surface area contributed by atoms with E-state index in [-0.39, 0.29) is 0 Å². The van der Waals surface area contributed by atoms with Crippen LogP contribution in [-0.4, -0.2) is 7.42 Å². The molecule has 2 rings (SSSR count). The maximum Gasteiger partial charge on any atom is 0.267 e. The van der Waals surface area contributed by atoms with Crippen molar-refractivity contribution in [1.82, 2.24) is 0 Å². The van der Waals surface area contributed by atoms with Crippen LogP contribution in [0.1, 0.15) is 0 Å². The number of rotatable bonds is 2. The molecule has 0 saturated heterocycles. The SMILES string of the molecule is Cl[SiH](Cl)c1ccccc1-c1ccccc1. The largest absolute Gasteiger partial charge is 0.267 e. The first-order chi connectivity index (χ1) is 7.29. The summed E-state index contributed by atoms with van der Waals surface area (Å²) < 4.78 is 0. The van der Waals surface area contributed by atoms with Gasteiger partial charge in [0.25, 0.3) is 7.42 Å². The average molecular weight is 253 g/mol. The van der Waals surface area contributed by atoms with E-state index in [2.05, 4.69) is 18.2 Å². The predicted molar refractivity (Wildman–Crippen MR) is 70.4 cm³/mol. The van der Waals surface area contributed by atoms with E-state index >= 15 is 0 Å². The molecular formula is C12H10Cl2Si. The Morgan fingerprint density at radius 2 is 1.33 bits per heavy atom. The summed E-state index contributed by atoms with van der Waals surface area (Å²) in [5.74, 6) is 0. The summed E-state index contributed by atoms with van der Waals surface area (Å²) in [6, 6.07) is 18.3. The van der Waals surface area contributed by atoms with Gasteiger partial charge in [0, 0.05) is 0 Å². The number of halogens is 2. The molecule has 0 bridgehead atoms. The van der Waals surface area contributed by atoms with Crippen LogP contribution in [0.3, 0.4) is 0 Å². The molecule has 0 N–H and O–H groups in total. The van der Waals surface area contributed by atoms with Gasteiger partial charge in [-0.3, -0.25) is 0 Å². The Balaban J connectivity index is 2.53. The van der Waals surface area contributed by atoms with Gasteiger partial charge in [-0.1, -0.05) is 54.6 Å². The van der Waals surface area contributed by atoms with E-state index in [0.29, 0.717) is 0 Å². The molecule has 0 aliphatic heterocycles. The molecular weight excluding hydrogens is 243 g/mol. The van der Waals surface area contributed by atoms with Crippen LogP contribution in [-0.2, 0) is 0 Å². The van der Waals surface area contributed by atoms with Crippen molar-refractivity contribution in [2.45, 2.75) is 0 Å². The highest BCUT2D eigenvalue weighted by molar-refractivity contribution is 7.39. The van der Waals surface area contributed by atoms with Gasteiger partial charge < -0.3 is 0 Å². The van der Waals surface area contributed by atoms with Crippen molar-refractivity contribution in [2.24, 2.45) is 0 Å². The lowest BCUT2D eigenvalue weighted by molar-refractivity contribution is 1.65. The van der Waals surface area contributed by atoms with Crippen molar-refractivity contribution in [3.63, 3.8) is 0 Å². The van der Waals surface area contributed by atoms with Crippen molar-refractivity contribution in [3.05, 3.63) is 54.6 Å². The summed E-state index contributed by atoms with van der Waals surface area (Å²) >= 11 is 12.1. The van der Waals surface area contributed by atoms with Gasteiger partial charge in [0.15, 0.2) is 0 Å². The maximum atomic E-state index is 6.06. The molecule has 0 aromatic heterocycles. The highest BCUT2D eigenvalue weighted by Gasteiger charge is 2.11. The van der Waals surface area contributed by atoms with Crippen molar-refractivity contribution >= 4 is 34.8 Å². The molecule has 0 radical (unpaired) electrons. The van der Waals surface area contributed by atoms with Crippen LogP contribution >= 0.6 is 22.2 Å². The van der Waals surface area contributed by atoms with Gasteiger partial charge in [0.2, 0.25) is 0 Å². The second kappa shape index (κ2) is 4.84. The molecule has 0 unspecified atom stereocenters. The first-order valence-electron chi connectivity index (χ1n) is 4.71. The van der Waals surface area contributed by atoms with E-state index in [4.69, 9.17) is 22.2 Å². The lowest BCUT2D eigenvalue weighted by Gasteiger charge is -2.08. The van der Waals surface area contributed by atoms with Gasteiger partial charge >= 0.3 is 0 Å². The van der Waals surface area contributed by atoms with E-state index in [0.717, 1.165) is 10.8 Å². The van der Waals surface area contributed by atoms with Crippen molar-refractivity contribution in [1.29, 1.82) is 0 Å². The standard InChI is InChI=1S/C12H10Cl2Si/c13-15(14)12-9-5-4-8-11(12)10-6-2-1-3-7-10/h1-9,15H. The molecule has 76 valence electrons. The summed E-state index contributed by atoms with van der Waals surface area (Å²) in [5, 5.41) is 1.09. The minimum Gasteiger partial charge on any atom is -0.144 e. The van der Waals surface area contributed by atoms with E-state index in [1.54, 1.807) is 0 Å². The first kappa shape index (κ1) is 10.7. The number of hydrogen-bond donors (Lipinski definition) is 0. The predicted octanol–water partition coefficient (Wildman–Crippen LogP) is 3.26. The normalized spacial score (nSPS) is 10.6. The second-order valence-corrected chi connectivity index (χ2v) is 7.77. The van der Waals surface area contributed by atoms with Gasteiger partial charge in [0.05, 0.1) is 0 Å². The Kier molecular flexibility index (Phi) is 3.47. The second-order valence-electron chi connectivity index (χ2n) is 3.25. The van der Waals surface area contributed by atoms with Gasteiger partial charge in [-0.2, -0.15) is 0 Å². The quantitative estimate of drug-likeness (QED) is 0.569. The molecule has 3 heteroatoms. The van der Waals surface area contributed by atoms with Crippen LogP contribution in [0.25, 0.3) is 11.1 Å². The Bertz CT molecular complexity index is 440. The Labute approximate surface area is 100 Å². The Morgan fingerprint density at radius 3 is 2.00 bits per heavy atom.